The van der Waals surface area contributed by atoms with Crippen molar-refractivity contribution in [2.24, 2.45) is 0 Å². The van der Waals surface area contributed by atoms with E-state index in [9.17, 15) is 5.11 Å². The van der Waals surface area contributed by atoms with Crippen molar-refractivity contribution in [2.75, 3.05) is 13.2 Å². The number of hydrogen-bond donors (Lipinski definition) is 2. The number of hydrogen-bond acceptors (Lipinski definition) is 3. The quantitative estimate of drug-likeness (QED) is 0.773. The molecular weight excluding hydrogens is 202 g/mol. The Morgan fingerprint density at radius 2 is 2.06 bits per heavy atom. The summed E-state index contributed by atoms with van der Waals surface area (Å²) >= 11 is 0. The van der Waals surface area contributed by atoms with E-state index in [0.29, 0.717) is 12.1 Å². The van der Waals surface area contributed by atoms with Crippen LogP contribution < -0.4 is 5.32 Å². The molecule has 0 bridgehead atoms. The highest BCUT2D eigenvalue weighted by molar-refractivity contribution is 4.86. The summed E-state index contributed by atoms with van der Waals surface area (Å²) in [6.07, 6.45) is 8.13. The van der Waals surface area contributed by atoms with E-state index in [4.69, 9.17) is 4.74 Å². The molecule has 0 spiro atoms. The lowest BCUT2D eigenvalue weighted by Gasteiger charge is -2.35. The third kappa shape index (κ3) is 3.44. The molecular formula is C13H25NO2. The van der Waals surface area contributed by atoms with Crippen LogP contribution in [0.2, 0.25) is 0 Å². The Hall–Kier alpha value is -0.120. The molecule has 3 nitrogen and oxygen atoms in total. The van der Waals surface area contributed by atoms with Gasteiger partial charge in [-0.05, 0) is 32.6 Å². The molecule has 3 heteroatoms. The molecule has 2 unspecified atom stereocenters. The van der Waals surface area contributed by atoms with Crippen LogP contribution in [0.25, 0.3) is 0 Å². The van der Waals surface area contributed by atoms with Crippen molar-refractivity contribution in [3.63, 3.8) is 0 Å². The van der Waals surface area contributed by atoms with Crippen molar-refractivity contribution in [3.8, 4) is 0 Å². The highest BCUT2D eigenvalue weighted by Crippen LogP contribution is 2.27. The van der Waals surface area contributed by atoms with Crippen LogP contribution in [0.4, 0.5) is 0 Å². The van der Waals surface area contributed by atoms with Crippen LogP contribution in [0, 0.1) is 0 Å². The molecule has 94 valence electrons. The van der Waals surface area contributed by atoms with Gasteiger partial charge in [0.1, 0.15) is 0 Å². The van der Waals surface area contributed by atoms with Crippen molar-refractivity contribution in [1.29, 1.82) is 0 Å². The van der Waals surface area contributed by atoms with Gasteiger partial charge in [0.2, 0.25) is 0 Å². The van der Waals surface area contributed by atoms with Gasteiger partial charge >= 0.3 is 0 Å². The minimum absolute atomic E-state index is 0.368. The lowest BCUT2D eigenvalue weighted by atomic mass is 9.84. The minimum Gasteiger partial charge on any atom is -0.389 e. The summed E-state index contributed by atoms with van der Waals surface area (Å²) in [7, 11) is 0. The molecule has 2 aliphatic rings. The molecule has 0 aromatic rings. The van der Waals surface area contributed by atoms with E-state index in [-0.39, 0.29) is 0 Å². The van der Waals surface area contributed by atoms with Crippen LogP contribution in [-0.4, -0.2) is 36.0 Å². The van der Waals surface area contributed by atoms with Gasteiger partial charge in [0.15, 0.2) is 0 Å². The van der Waals surface area contributed by atoms with Gasteiger partial charge in [-0.15, -0.1) is 0 Å². The van der Waals surface area contributed by atoms with Crippen molar-refractivity contribution in [3.05, 3.63) is 0 Å². The number of nitrogens with one attached hydrogen (secondary N) is 1. The molecule has 0 amide bonds. The first-order valence-corrected chi connectivity index (χ1v) is 6.75. The Kier molecular flexibility index (Phi) is 4.22. The highest BCUT2D eigenvalue weighted by atomic mass is 16.5. The lowest BCUT2D eigenvalue weighted by molar-refractivity contribution is -0.0145. The highest BCUT2D eigenvalue weighted by Gasteiger charge is 2.30. The third-order valence-electron chi connectivity index (χ3n) is 3.99. The van der Waals surface area contributed by atoms with Gasteiger partial charge in [-0.1, -0.05) is 19.3 Å². The predicted molar refractivity (Wildman–Crippen MR) is 64.5 cm³/mol. The van der Waals surface area contributed by atoms with Crippen molar-refractivity contribution in [2.45, 2.75) is 69.6 Å². The number of rotatable bonds is 3. The largest absolute Gasteiger partial charge is 0.389 e. The Morgan fingerprint density at radius 1 is 1.31 bits per heavy atom. The van der Waals surface area contributed by atoms with E-state index in [0.717, 1.165) is 38.8 Å². The van der Waals surface area contributed by atoms with E-state index in [1.807, 2.05) is 0 Å². The van der Waals surface area contributed by atoms with E-state index in [1.54, 1.807) is 0 Å². The van der Waals surface area contributed by atoms with Gasteiger partial charge in [-0.3, -0.25) is 0 Å². The average molecular weight is 227 g/mol. The Balaban J connectivity index is 1.73. The molecule has 1 aliphatic carbocycles. The molecule has 1 aliphatic heterocycles. The fourth-order valence-electron chi connectivity index (χ4n) is 2.90. The third-order valence-corrected chi connectivity index (χ3v) is 3.99. The van der Waals surface area contributed by atoms with Crippen molar-refractivity contribution >= 4 is 0 Å². The molecule has 2 atom stereocenters. The summed E-state index contributed by atoms with van der Waals surface area (Å²) in [6.45, 7) is 3.75. The van der Waals surface area contributed by atoms with Crippen LogP contribution in [-0.2, 0) is 4.74 Å². The molecule has 1 saturated carbocycles. The van der Waals surface area contributed by atoms with Gasteiger partial charge < -0.3 is 15.2 Å². The molecule has 0 aromatic carbocycles. The smallest absolute Gasteiger partial charge is 0.0771 e. The molecule has 1 heterocycles. The Labute approximate surface area is 98.6 Å². The second kappa shape index (κ2) is 5.48. The normalized spacial score (nSPS) is 34.9. The van der Waals surface area contributed by atoms with E-state index < -0.39 is 5.60 Å². The zero-order valence-corrected chi connectivity index (χ0v) is 10.4. The SMILES string of the molecule is CC1CC(NCC2(O)CCCCC2)CCO1. The zero-order valence-electron chi connectivity index (χ0n) is 10.4. The average Bonchev–Trinajstić information content (AvgIpc) is 2.28. The van der Waals surface area contributed by atoms with E-state index >= 15 is 0 Å². The minimum atomic E-state index is -0.431. The van der Waals surface area contributed by atoms with Gasteiger partial charge in [-0.2, -0.15) is 0 Å². The molecule has 2 rings (SSSR count). The fraction of sp³-hybridized carbons (Fsp3) is 1.00. The van der Waals surface area contributed by atoms with Crippen molar-refractivity contribution in [1.82, 2.24) is 5.32 Å². The summed E-state index contributed by atoms with van der Waals surface area (Å²) in [5.41, 5.74) is -0.431. The van der Waals surface area contributed by atoms with Crippen LogP contribution in [0.5, 0.6) is 0 Å². The van der Waals surface area contributed by atoms with Gasteiger partial charge in [0.05, 0.1) is 11.7 Å². The zero-order chi connectivity index (χ0) is 11.4. The molecule has 2 fully saturated rings. The molecule has 0 aromatic heterocycles. The van der Waals surface area contributed by atoms with Crippen LogP contribution in [0.3, 0.4) is 0 Å². The number of aliphatic hydroxyl groups is 1. The first-order valence-electron chi connectivity index (χ1n) is 6.75. The summed E-state index contributed by atoms with van der Waals surface area (Å²) in [5, 5.41) is 13.9. The lowest BCUT2D eigenvalue weighted by Crippen LogP contribution is -2.48. The van der Waals surface area contributed by atoms with Crippen LogP contribution in [0.15, 0.2) is 0 Å². The molecule has 2 N–H and O–H groups in total. The fourth-order valence-corrected chi connectivity index (χ4v) is 2.90. The topological polar surface area (TPSA) is 41.5 Å². The summed E-state index contributed by atoms with van der Waals surface area (Å²) in [5.74, 6) is 0. The van der Waals surface area contributed by atoms with Crippen molar-refractivity contribution < 1.29 is 9.84 Å². The maximum absolute atomic E-state index is 10.4. The summed E-state index contributed by atoms with van der Waals surface area (Å²) < 4.78 is 5.52. The summed E-state index contributed by atoms with van der Waals surface area (Å²) in [6, 6.07) is 0.537. The molecule has 1 saturated heterocycles. The van der Waals surface area contributed by atoms with Crippen LogP contribution >= 0.6 is 0 Å². The second-order valence-electron chi connectivity index (χ2n) is 5.57. The second-order valence-corrected chi connectivity index (χ2v) is 5.57. The van der Waals surface area contributed by atoms with E-state index in [1.165, 1.54) is 19.3 Å². The standard InChI is InChI=1S/C13H25NO2/c1-11-9-12(5-8-16-11)14-10-13(15)6-3-2-4-7-13/h11-12,14-15H,2-10H2,1H3. The maximum Gasteiger partial charge on any atom is 0.0771 e. The summed E-state index contributed by atoms with van der Waals surface area (Å²) in [4.78, 5) is 0. The first-order chi connectivity index (χ1) is 7.68. The first kappa shape index (κ1) is 12.3. The van der Waals surface area contributed by atoms with Gasteiger partial charge in [-0.25, -0.2) is 0 Å². The molecule has 0 radical (unpaired) electrons. The molecule has 16 heavy (non-hydrogen) atoms. The maximum atomic E-state index is 10.4. The predicted octanol–water partition coefficient (Wildman–Crippen LogP) is 1.84. The van der Waals surface area contributed by atoms with Gasteiger partial charge in [0, 0.05) is 19.2 Å². The Morgan fingerprint density at radius 3 is 2.75 bits per heavy atom. The number of ether oxygens (including phenoxy) is 1. The monoisotopic (exact) mass is 227 g/mol. The van der Waals surface area contributed by atoms with E-state index in [2.05, 4.69) is 12.2 Å². The van der Waals surface area contributed by atoms with Gasteiger partial charge in [0.25, 0.3) is 0 Å². The van der Waals surface area contributed by atoms with Crippen LogP contribution in [0.1, 0.15) is 51.9 Å². The Bertz CT molecular complexity index is 214.